The molecule has 152 valence electrons. The molecule has 0 saturated carbocycles. The molecule has 0 spiro atoms. The van der Waals surface area contributed by atoms with Crippen LogP contribution in [0.25, 0.3) is 11.0 Å². The second-order valence-electron chi connectivity index (χ2n) is 9.09. The molecule has 7 nitrogen and oxygen atoms in total. The Morgan fingerprint density at radius 2 is 2.00 bits per heavy atom. The number of carbonyl (C=O) groups excluding carboxylic acids is 2. The largest absolute Gasteiger partial charge is 0.349 e. The predicted octanol–water partition coefficient (Wildman–Crippen LogP) is 2.97. The first-order valence-electron chi connectivity index (χ1n) is 9.94. The summed E-state index contributed by atoms with van der Waals surface area (Å²) in [6.45, 7) is 12.9. The highest BCUT2D eigenvalue weighted by Gasteiger charge is 2.28. The second kappa shape index (κ2) is 7.18. The van der Waals surface area contributed by atoms with Crippen LogP contribution in [0, 0.1) is 6.92 Å². The number of hydrogen-bond donors (Lipinski definition) is 1. The van der Waals surface area contributed by atoms with E-state index in [1.54, 1.807) is 11.9 Å². The van der Waals surface area contributed by atoms with Crippen molar-refractivity contribution in [1.82, 2.24) is 25.0 Å². The quantitative estimate of drug-likeness (QED) is 0.881. The molecule has 3 rings (SSSR count). The Bertz CT molecular complexity index is 923. The van der Waals surface area contributed by atoms with Crippen LogP contribution in [0.5, 0.6) is 0 Å². The molecule has 1 N–H and O–H groups in total. The van der Waals surface area contributed by atoms with E-state index in [-0.39, 0.29) is 29.3 Å². The van der Waals surface area contributed by atoms with Crippen LogP contribution in [-0.4, -0.2) is 51.1 Å². The summed E-state index contributed by atoms with van der Waals surface area (Å²) in [5.41, 5.74) is 2.73. The summed E-state index contributed by atoms with van der Waals surface area (Å²) in [6.07, 6.45) is 1.10. The molecule has 1 aliphatic rings. The minimum atomic E-state index is -0.247. The monoisotopic (exact) mass is 385 g/mol. The van der Waals surface area contributed by atoms with Gasteiger partial charge in [-0.2, -0.15) is 5.10 Å². The van der Waals surface area contributed by atoms with E-state index < -0.39 is 0 Å². The lowest BCUT2D eigenvalue weighted by Gasteiger charge is -2.29. The van der Waals surface area contributed by atoms with Crippen LogP contribution < -0.4 is 5.32 Å². The van der Waals surface area contributed by atoms with Crippen LogP contribution in [0.1, 0.15) is 75.1 Å². The van der Waals surface area contributed by atoms with Crippen LogP contribution >= 0.6 is 0 Å². The number of hydrogen-bond acceptors (Lipinski definition) is 4. The summed E-state index contributed by atoms with van der Waals surface area (Å²) < 4.78 is 1.90. The van der Waals surface area contributed by atoms with Crippen LogP contribution in [0.2, 0.25) is 0 Å². The first-order valence-corrected chi connectivity index (χ1v) is 9.94. The minimum absolute atomic E-state index is 0.0658. The molecule has 1 saturated heterocycles. The average Bonchev–Trinajstić information content (AvgIpc) is 2.94. The van der Waals surface area contributed by atoms with E-state index in [0.29, 0.717) is 18.5 Å². The summed E-state index contributed by atoms with van der Waals surface area (Å²) in [6, 6.07) is 1.74. The van der Waals surface area contributed by atoms with Gasteiger partial charge in [-0.05, 0) is 46.1 Å². The Kier molecular flexibility index (Phi) is 5.21. The van der Waals surface area contributed by atoms with Crippen molar-refractivity contribution in [3.05, 3.63) is 23.0 Å². The van der Waals surface area contributed by atoms with Gasteiger partial charge < -0.3 is 10.2 Å². The van der Waals surface area contributed by atoms with Gasteiger partial charge in [-0.15, -0.1) is 0 Å². The molecule has 7 heteroatoms. The van der Waals surface area contributed by atoms with Gasteiger partial charge in [-0.25, -0.2) is 9.67 Å². The number of carbonyl (C=O) groups is 2. The molecular weight excluding hydrogens is 354 g/mol. The second-order valence-corrected chi connectivity index (χ2v) is 9.09. The molecule has 3 heterocycles. The zero-order valence-corrected chi connectivity index (χ0v) is 18.0. The van der Waals surface area contributed by atoms with Gasteiger partial charge in [-0.1, -0.05) is 13.8 Å². The topological polar surface area (TPSA) is 80.1 Å². The van der Waals surface area contributed by atoms with E-state index in [2.05, 4.69) is 45.0 Å². The Hall–Kier alpha value is -2.44. The van der Waals surface area contributed by atoms with E-state index in [1.165, 1.54) is 0 Å². The van der Waals surface area contributed by atoms with Crippen molar-refractivity contribution in [2.75, 3.05) is 13.6 Å². The summed E-state index contributed by atoms with van der Waals surface area (Å²) in [4.78, 5) is 31.7. The number of piperidine rings is 1. The molecule has 28 heavy (non-hydrogen) atoms. The number of rotatable bonds is 3. The number of likely N-dealkylation sites (tertiary alicyclic amines) is 1. The zero-order valence-electron chi connectivity index (χ0n) is 18.0. The summed E-state index contributed by atoms with van der Waals surface area (Å²) in [5.74, 6) is 0.0914. The van der Waals surface area contributed by atoms with E-state index in [0.717, 1.165) is 28.8 Å². The van der Waals surface area contributed by atoms with Crippen LogP contribution in [0.15, 0.2) is 6.07 Å². The van der Waals surface area contributed by atoms with Crippen molar-refractivity contribution in [1.29, 1.82) is 0 Å². The number of aromatic nitrogens is 3. The maximum Gasteiger partial charge on any atom is 0.252 e. The molecule has 2 amide bonds. The van der Waals surface area contributed by atoms with Crippen LogP contribution in [0.3, 0.4) is 0 Å². The number of nitrogens with one attached hydrogen (secondary N) is 1. The molecule has 0 bridgehead atoms. The molecule has 0 aliphatic carbocycles. The molecule has 1 atom stereocenters. The first kappa shape index (κ1) is 20.3. The van der Waals surface area contributed by atoms with Crippen molar-refractivity contribution in [3.63, 3.8) is 0 Å². The Morgan fingerprint density at radius 3 is 2.57 bits per heavy atom. The van der Waals surface area contributed by atoms with Gasteiger partial charge in [0.2, 0.25) is 5.91 Å². The minimum Gasteiger partial charge on any atom is -0.349 e. The number of amides is 2. The number of nitrogens with zero attached hydrogens (tertiary/aromatic N) is 4. The molecule has 1 aliphatic heterocycles. The van der Waals surface area contributed by atoms with E-state index in [1.807, 2.05) is 17.7 Å². The number of aryl methyl sites for hydroxylation is 1. The van der Waals surface area contributed by atoms with Gasteiger partial charge in [0.1, 0.15) is 0 Å². The number of fused-ring (bicyclic) bond motifs is 1. The van der Waals surface area contributed by atoms with Gasteiger partial charge in [0.25, 0.3) is 5.91 Å². The lowest BCUT2D eigenvalue weighted by molar-refractivity contribution is -0.132. The van der Waals surface area contributed by atoms with E-state index in [4.69, 9.17) is 4.98 Å². The fourth-order valence-corrected chi connectivity index (χ4v) is 3.58. The third-order valence-corrected chi connectivity index (χ3v) is 5.30. The normalized spacial score (nSPS) is 18.2. The highest BCUT2D eigenvalue weighted by molar-refractivity contribution is 6.07. The van der Waals surface area contributed by atoms with Gasteiger partial charge >= 0.3 is 0 Å². The highest BCUT2D eigenvalue weighted by atomic mass is 16.2. The van der Waals surface area contributed by atoms with E-state index in [9.17, 15) is 9.59 Å². The fraction of sp³-hybridized carbons (Fsp3) is 0.619. The van der Waals surface area contributed by atoms with Gasteiger partial charge in [0.05, 0.1) is 22.2 Å². The van der Waals surface area contributed by atoms with E-state index >= 15 is 0 Å². The van der Waals surface area contributed by atoms with Crippen LogP contribution in [0.4, 0.5) is 0 Å². The van der Waals surface area contributed by atoms with Crippen molar-refractivity contribution < 1.29 is 9.59 Å². The molecule has 1 fully saturated rings. The fourth-order valence-electron chi connectivity index (χ4n) is 3.58. The number of pyridine rings is 1. The third-order valence-electron chi connectivity index (χ3n) is 5.30. The zero-order chi connectivity index (χ0) is 20.8. The Balaban J connectivity index is 2.05. The smallest absolute Gasteiger partial charge is 0.252 e. The Morgan fingerprint density at radius 1 is 1.32 bits per heavy atom. The van der Waals surface area contributed by atoms with Crippen molar-refractivity contribution in [3.8, 4) is 0 Å². The maximum absolute atomic E-state index is 13.2. The third kappa shape index (κ3) is 3.75. The standard InChI is InChI=1S/C21H31N5O2/c1-12(2)16-11-15(20(28)22-14-8-9-25(7)17(27)10-14)18-13(3)24-26(19(18)23-16)21(4,5)6/h11-12,14H,8-10H2,1-7H3,(H,22,28). The predicted molar refractivity (Wildman–Crippen MR) is 109 cm³/mol. The van der Waals surface area contributed by atoms with Gasteiger partial charge in [0, 0.05) is 31.7 Å². The van der Waals surface area contributed by atoms with Gasteiger partial charge in [-0.3, -0.25) is 9.59 Å². The highest BCUT2D eigenvalue weighted by Crippen LogP contribution is 2.29. The average molecular weight is 386 g/mol. The molecule has 0 aromatic carbocycles. The molecule has 2 aromatic heterocycles. The lowest BCUT2D eigenvalue weighted by Crippen LogP contribution is -2.46. The van der Waals surface area contributed by atoms with Gasteiger partial charge in [0.15, 0.2) is 5.65 Å². The summed E-state index contributed by atoms with van der Waals surface area (Å²) in [5, 5.41) is 8.54. The molecular formula is C21H31N5O2. The molecule has 0 radical (unpaired) electrons. The van der Waals surface area contributed by atoms with Crippen molar-refractivity contribution in [2.24, 2.45) is 0 Å². The lowest BCUT2D eigenvalue weighted by atomic mass is 10.0. The maximum atomic E-state index is 13.2. The summed E-state index contributed by atoms with van der Waals surface area (Å²) >= 11 is 0. The first-order chi connectivity index (χ1) is 13.0. The SMILES string of the molecule is Cc1nn(C(C)(C)C)c2nc(C(C)C)cc(C(=O)NC3CCN(C)C(=O)C3)c12. The summed E-state index contributed by atoms with van der Waals surface area (Å²) in [7, 11) is 1.80. The molecule has 1 unspecified atom stereocenters. The van der Waals surface area contributed by atoms with Crippen molar-refractivity contribution >= 4 is 22.8 Å². The van der Waals surface area contributed by atoms with Crippen LogP contribution in [-0.2, 0) is 10.3 Å². The van der Waals surface area contributed by atoms with Crippen molar-refractivity contribution in [2.45, 2.75) is 71.9 Å². The Labute approximate surface area is 166 Å². The molecule has 2 aromatic rings.